The number of anilines is 1. The SMILES string of the molecule is CCOC(=O)N1CCC(Nc2ccc(C(=O)N3CCN(C)CC3)nn2)CC1. The van der Waals surface area contributed by atoms with Crippen molar-refractivity contribution in [3.8, 4) is 0 Å². The largest absolute Gasteiger partial charge is 0.450 e. The summed E-state index contributed by atoms with van der Waals surface area (Å²) < 4.78 is 5.03. The third-order valence-electron chi connectivity index (χ3n) is 5.05. The average Bonchev–Trinajstić information content (AvgIpc) is 2.69. The van der Waals surface area contributed by atoms with Gasteiger partial charge in [-0.3, -0.25) is 4.79 Å². The van der Waals surface area contributed by atoms with Gasteiger partial charge in [0.15, 0.2) is 5.69 Å². The summed E-state index contributed by atoms with van der Waals surface area (Å²) in [6.45, 7) is 6.71. The fourth-order valence-corrected chi connectivity index (χ4v) is 3.33. The summed E-state index contributed by atoms with van der Waals surface area (Å²) in [6, 6.07) is 3.75. The predicted molar refractivity (Wildman–Crippen MR) is 101 cm³/mol. The Balaban J connectivity index is 1.48. The van der Waals surface area contributed by atoms with Crippen LogP contribution in [0, 0.1) is 0 Å². The molecule has 0 radical (unpaired) electrons. The molecule has 0 aromatic carbocycles. The number of amides is 2. The number of aromatic nitrogens is 2. The Morgan fingerprint density at radius 2 is 1.78 bits per heavy atom. The Morgan fingerprint density at radius 3 is 2.37 bits per heavy atom. The number of hydrogen-bond acceptors (Lipinski definition) is 7. The van der Waals surface area contributed by atoms with Crippen molar-refractivity contribution in [3.05, 3.63) is 17.8 Å². The number of ether oxygens (including phenoxy) is 1. The molecule has 9 heteroatoms. The summed E-state index contributed by atoms with van der Waals surface area (Å²) >= 11 is 0. The molecule has 3 heterocycles. The Bertz CT molecular complexity index is 637. The Hall–Kier alpha value is -2.42. The average molecular weight is 376 g/mol. The van der Waals surface area contributed by atoms with Crippen LogP contribution in [0.1, 0.15) is 30.3 Å². The van der Waals surface area contributed by atoms with Gasteiger partial charge in [-0.25, -0.2) is 4.79 Å². The van der Waals surface area contributed by atoms with E-state index in [0.29, 0.717) is 31.2 Å². The van der Waals surface area contributed by atoms with Crippen LogP contribution in [0.3, 0.4) is 0 Å². The normalized spacial score (nSPS) is 19.0. The van der Waals surface area contributed by atoms with Crippen LogP contribution in [0.5, 0.6) is 0 Å². The number of rotatable bonds is 4. The van der Waals surface area contributed by atoms with E-state index in [9.17, 15) is 9.59 Å². The van der Waals surface area contributed by atoms with Gasteiger partial charge in [-0.2, -0.15) is 0 Å². The van der Waals surface area contributed by atoms with Crippen molar-refractivity contribution in [1.29, 1.82) is 0 Å². The highest BCUT2D eigenvalue weighted by Crippen LogP contribution is 2.16. The molecule has 1 aromatic heterocycles. The van der Waals surface area contributed by atoms with Crippen LogP contribution in [0.2, 0.25) is 0 Å². The molecule has 9 nitrogen and oxygen atoms in total. The quantitative estimate of drug-likeness (QED) is 0.835. The standard InChI is InChI=1S/C18H28N6O3/c1-3-27-18(26)24-8-6-14(7-9-24)19-16-5-4-15(20-21-16)17(25)23-12-10-22(2)11-13-23/h4-5,14H,3,6-13H2,1-2H3,(H,19,21). The van der Waals surface area contributed by atoms with E-state index < -0.39 is 0 Å². The maximum absolute atomic E-state index is 12.5. The predicted octanol–water partition coefficient (Wildman–Crippen LogP) is 0.897. The highest BCUT2D eigenvalue weighted by atomic mass is 16.6. The van der Waals surface area contributed by atoms with E-state index in [4.69, 9.17) is 4.74 Å². The lowest BCUT2D eigenvalue weighted by Gasteiger charge is -2.32. The molecular formula is C18H28N6O3. The number of likely N-dealkylation sites (N-methyl/N-ethyl adjacent to an activating group) is 1. The molecule has 148 valence electrons. The first-order valence-corrected chi connectivity index (χ1v) is 9.56. The summed E-state index contributed by atoms with van der Waals surface area (Å²) in [5, 5.41) is 11.6. The maximum Gasteiger partial charge on any atom is 0.409 e. The monoisotopic (exact) mass is 376 g/mol. The number of carbonyl (C=O) groups is 2. The highest BCUT2D eigenvalue weighted by molar-refractivity contribution is 5.92. The first-order chi connectivity index (χ1) is 13.1. The molecule has 2 aliphatic heterocycles. The number of carbonyl (C=O) groups excluding carboxylic acids is 2. The number of hydrogen-bond donors (Lipinski definition) is 1. The van der Waals surface area contributed by atoms with Gasteiger partial charge in [-0.1, -0.05) is 0 Å². The van der Waals surface area contributed by atoms with Gasteiger partial charge in [-0.05, 0) is 38.9 Å². The minimum absolute atomic E-state index is 0.0649. The van der Waals surface area contributed by atoms with Crippen LogP contribution < -0.4 is 5.32 Å². The number of nitrogens with zero attached hydrogens (tertiary/aromatic N) is 5. The number of piperazine rings is 1. The summed E-state index contributed by atoms with van der Waals surface area (Å²) in [6.07, 6.45) is 1.40. The molecule has 2 amide bonds. The molecule has 2 fully saturated rings. The lowest BCUT2D eigenvalue weighted by molar-refractivity contribution is 0.0657. The smallest absolute Gasteiger partial charge is 0.409 e. The van der Waals surface area contributed by atoms with Crippen LogP contribution in [0.25, 0.3) is 0 Å². The number of likely N-dealkylation sites (tertiary alicyclic amines) is 1. The van der Waals surface area contributed by atoms with Crippen molar-refractivity contribution in [2.75, 3.05) is 58.2 Å². The van der Waals surface area contributed by atoms with Gasteiger partial charge in [0.1, 0.15) is 5.82 Å². The highest BCUT2D eigenvalue weighted by Gasteiger charge is 2.24. The van der Waals surface area contributed by atoms with Crippen LogP contribution in [-0.4, -0.2) is 95.9 Å². The first kappa shape index (κ1) is 19.3. The van der Waals surface area contributed by atoms with Crippen molar-refractivity contribution in [3.63, 3.8) is 0 Å². The summed E-state index contributed by atoms with van der Waals surface area (Å²) in [5.41, 5.74) is 0.377. The molecule has 3 rings (SSSR count). The minimum Gasteiger partial charge on any atom is -0.450 e. The molecule has 0 bridgehead atoms. The second-order valence-corrected chi connectivity index (χ2v) is 7.00. The molecule has 2 saturated heterocycles. The van der Waals surface area contributed by atoms with Crippen molar-refractivity contribution in [1.82, 2.24) is 24.9 Å². The van der Waals surface area contributed by atoms with E-state index in [-0.39, 0.29) is 18.0 Å². The molecule has 0 unspecified atom stereocenters. The number of nitrogens with one attached hydrogen (secondary N) is 1. The molecular weight excluding hydrogens is 348 g/mol. The van der Waals surface area contributed by atoms with Gasteiger partial charge in [0.2, 0.25) is 0 Å². The first-order valence-electron chi connectivity index (χ1n) is 9.56. The second-order valence-electron chi connectivity index (χ2n) is 7.00. The lowest BCUT2D eigenvalue weighted by atomic mass is 10.1. The van der Waals surface area contributed by atoms with E-state index in [2.05, 4.69) is 27.5 Å². The molecule has 1 N–H and O–H groups in total. The zero-order valence-electron chi connectivity index (χ0n) is 16.1. The minimum atomic E-state index is -0.248. The lowest BCUT2D eigenvalue weighted by Crippen LogP contribution is -2.47. The third kappa shape index (κ3) is 5.06. The molecule has 0 aliphatic carbocycles. The molecule has 0 spiro atoms. The Kier molecular flexibility index (Phi) is 6.44. The fraction of sp³-hybridized carbons (Fsp3) is 0.667. The van der Waals surface area contributed by atoms with Crippen molar-refractivity contribution < 1.29 is 14.3 Å². The van der Waals surface area contributed by atoms with Crippen LogP contribution in [0.4, 0.5) is 10.6 Å². The van der Waals surface area contributed by atoms with Crippen LogP contribution in [-0.2, 0) is 4.74 Å². The molecule has 2 aliphatic rings. The van der Waals surface area contributed by atoms with Gasteiger partial charge in [0, 0.05) is 45.3 Å². The van der Waals surface area contributed by atoms with Crippen LogP contribution in [0.15, 0.2) is 12.1 Å². The molecule has 0 atom stereocenters. The summed E-state index contributed by atoms with van der Waals surface area (Å²) in [4.78, 5) is 30.0. The summed E-state index contributed by atoms with van der Waals surface area (Å²) in [5.74, 6) is 0.587. The fourth-order valence-electron chi connectivity index (χ4n) is 3.33. The third-order valence-corrected chi connectivity index (χ3v) is 5.05. The van der Waals surface area contributed by atoms with Crippen molar-refractivity contribution >= 4 is 17.8 Å². The Labute approximate surface area is 159 Å². The Morgan fingerprint density at radius 1 is 1.07 bits per heavy atom. The van der Waals surface area contributed by atoms with Gasteiger partial charge < -0.3 is 24.8 Å². The van der Waals surface area contributed by atoms with E-state index in [0.717, 1.165) is 39.0 Å². The van der Waals surface area contributed by atoms with E-state index in [1.807, 2.05) is 11.8 Å². The van der Waals surface area contributed by atoms with E-state index in [1.54, 1.807) is 17.0 Å². The van der Waals surface area contributed by atoms with Gasteiger partial charge in [0.05, 0.1) is 6.61 Å². The van der Waals surface area contributed by atoms with E-state index >= 15 is 0 Å². The van der Waals surface area contributed by atoms with Crippen molar-refractivity contribution in [2.24, 2.45) is 0 Å². The van der Waals surface area contributed by atoms with Crippen LogP contribution >= 0.6 is 0 Å². The molecule has 27 heavy (non-hydrogen) atoms. The van der Waals surface area contributed by atoms with Gasteiger partial charge in [0.25, 0.3) is 5.91 Å². The maximum atomic E-state index is 12.5. The van der Waals surface area contributed by atoms with E-state index in [1.165, 1.54) is 0 Å². The number of piperidine rings is 1. The van der Waals surface area contributed by atoms with Crippen molar-refractivity contribution in [2.45, 2.75) is 25.8 Å². The zero-order chi connectivity index (χ0) is 19.2. The zero-order valence-corrected chi connectivity index (χ0v) is 16.1. The second kappa shape index (κ2) is 8.98. The van der Waals surface area contributed by atoms with Gasteiger partial charge in [-0.15, -0.1) is 10.2 Å². The molecule has 0 saturated carbocycles. The topological polar surface area (TPSA) is 90.9 Å². The summed E-state index contributed by atoms with van der Waals surface area (Å²) in [7, 11) is 2.05. The molecule has 1 aromatic rings. The van der Waals surface area contributed by atoms with Gasteiger partial charge >= 0.3 is 6.09 Å².